The van der Waals surface area contributed by atoms with Crippen molar-refractivity contribution in [3.05, 3.63) is 24.2 Å². The molecule has 6 heteroatoms. The number of carboxylic acid groups (broad SMARTS) is 1. The third-order valence-corrected chi connectivity index (χ3v) is 2.76. The van der Waals surface area contributed by atoms with Gasteiger partial charge < -0.3 is 19.7 Å². The van der Waals surface area contributed by atoms with Gasteiger partial charge >= 0.3 is 12.0 Å². The van der Waals surface area contributed by atoms with Crippen molar-refractivity contribution in [2.45, 2.75) is 39.3 Å². The van der Waals surface area contributed by atoms with Crippen molar-refractivity contribution in [1.82, 2.24) is 10.2 Å². The van der Waals surface area contributed by atoms with E-state index in [1.165, 1.54) is 4.90 Å². The number of furan rings is 1. The molecule has 0 aliphatic carbocycles. The molecule has 0 saturated heterocycles. The number of rotatable bonds is 6. The van der Waals surface area contributed by atoms with E-state index in [9.17, 15) is 9.59 Å². The van der Waals surface area contributed by atoms with Crippen molar-refractivity contribution in [2.75, 3.05) is 6.54 Å². The molecule has 0 saturated carbocycles. The van der Waals surface area contributed by atoms with Gasteiger partial charge in [0, 0.05) is 12.6 Å². The van der Waals surface area contributed by atoms with Gasteiger partial charge in [-0.25, -0.2) is 4.79 Å². The molecule has 6 nitrogen and oxygen atoms in total. The lowest BCUT2D eigenvalue weighted by molar-refractivity contribution is -0.137. The van der Waals surface area contributed by atoms with Crippen molar-refractivity contribution in [3.63, 3.8) is 0 Å². The quantitative estimate of drug-likeness (QED) is 0.828. The van der Waals surface area contributed by atoms with Crippen LogP contribution in [0.15, 0.2) is 22.8 Å². The zero-order chi connectivity index (χ0) is 14.4. The molecule has 0 fully saturated rings. The van der Waals surface area contributed by atoms with Crippen LogP contribution in [-0.4, -0.2) is 34.6 Å². The van der Waals surface area contributed by atoms with Gasteiger partial charge in [0.05, 0.1) is 18.7 Å². The lowest BCUT2D eigenvalue weighted by atomic mass is 10.2. The zero-order valence-electron chi connectivity index (χ0n) is 11.4. The molecule has 1 atom stereocenters. The Labute approximate surface area is 112 Å². The summed E-state index contributed by atoms with van der Waals surface area (Å²) < 4.78 is 5.21. The second-order valence-electron chi connectivity index (χ2n) is 4.62. The highest BCUT2D eigenvalue weighted by atomic mass is 16.4. The molecule has 0 radical (unpaired) electrons. The summed E-state index contributed by atoms with van der Waals surface area (Å²) in [5.74, 6) is -0.257. The number of carbonyl (C=O) groups excluding carboxylic acids is 1. The van der Waals surface area contributed by atoms with E-state index in [1.54, 1.807) is 18.4 Å². The van der Waals surface area contributed by atoms with E-state index >= 15 is 0 Å². The molecule has 19 heavy (non-hydrogen) atoms. The molecule has 1 rings (SSSR count). The minimum atomic E-state index is -0.919. The summed E-state index contributed by atoms with van der Waals surface area (Å²) in [7, 11) is 0. The molecule has 0 bridgehead atoms. The fourth-order valence-electron chi connectivity index (χ4n) is 1.69. The Morgan fingerprint density at radius 2 is 2.11 bits per heavy atom. The summed E-state index contributed by atoms with van der Waals surface area (Å²) in [6.45, 7) is 5.69. The maximum atomic E-state index is 12.1. The van der Waals surface area contributed by atoms with Crippen molar-refractivity contribution >= 4 is 12.0 Å². The largest absolute Gasteiger partial charge is 0.481 e. The highest BCUT2D eigenvalue weighted by Gasteiger charge is 2.20. The van der Waals surface area contributed by atoms with Crippen molar-refractivity contribution < 1.29 is 19.1 Å². The SMILES string of the molecule is CC(NC(=O)N(CCC(=O)O)C(C)C)c1ccco1. The summed E-state index contributed by atoms with van der Waals surface area (Å²) in [5, 5.41) is 11.5. The molecule has 0 aliphatic heterocycles. The fourth-order valence-corrected chi connectivity index (χ4v) is 1.69. The second kappa shape index (κ2) is 6.82. The molecule has 1 heterocycles. The summed E-state index contributed by atoms with van der Waals surface area (Å²) >= 11 is 0. The normalized spacial score (nSPS) is 12.2. The molecule has 0 aliphatic rings. The number of amides is 2. The average Bonchev–Trinajstić information content (AvgIpc) is 2.81. The van der Waals surface area contributed by atoms with E-state index in [0.29, 0.717) is 5.76 Å². The number of carbonyl (C=O) groups is 2. The first kappa shape index (κ1) is 15.1. The Hall–Kier alpha value is -1.98. The Morgan fingerprint density at radius 3 is 2.58 bits per heavy atom. The third kappa shape index (κ3) is 4.65. The van der Waals surface area contributed by atoms with Gasteiger partial charge in [0.2, 0.25) is 0 Å². The van der Waals surface area contributed by atoms with Gasteiger partial charge in [-0.1, -0.05) is 0 Å². The number of urea groups is 1. The highest BCUT2D eigenvalue weighted by Crippen LogP contribution is 2.13. The Balaban J connectivity index is 2.59. The number of nitrogens with one attached hydrogen (secondary N) is 1. The first-order chi connectivity index (χ1) is 8.91. The number of hydrogen-bond donors (Lipinski definition) is 2. The van der Waals surface area contributed by atoms with Gasteiger partial charge in [-0.2, -0.15) is 0 Å². The molecule has 1 aromatic rings. The molecule has 0 aromatic carbocycles. The monoisotopic (exact) mass is 268 g/mol. The first-order valence-corrected chi connectivity index (χ1v) is 6.24. The topological polar surface area (TPSA) is 82.8 Å². The Kier molecular flexibility index (Phi) is 5.41. The second-order valence-corrected chi connectivity index (χ2v) is 4.62. The average molecular weight is 268 g/mol. The standard InChI is InChI=1S/C13H20N2O4/c1-9(2)15(7-6-12(16)17)13(18)14-10(3)11-5-4-8-19-11/h4-5,8-10H,6-7H2,1-3H3,(H,14,18)(H,16,17). The predicted octanol–water partition coefficient (Wildman–Crippen LogP) is 2.24. The van der Waals surface area contributed by atoms with Gasteiger partial charge in [-0.05, 0) is 32.9 Å². The smallest absolute Gasteiger partial charge is 0.318 e. The molecular weight excluding hydrogens is 248 g/mol. The third-order valence-electron chi connectivity index (χ3n) is 2.76. The molecular formula is C13H20N2O4. The van der Waals surface area contributed by atoms with Crippen LogP contribution in [0.3, 0.4) is 0 Å². The first-order valence-electron chi connectivity index (χ1n) is 6.24. The van der Waals surface area contributed by atoms with Crippen LogP contribution in [0.1, 0.15) is 39.0 Å². The predicted molar refractivity (Wildman–Crippen MR) is 69.7 cm³/mol. The van der Waals surface area contributed by atoms with Crippen molar-refractivity contribution in [3.8, 4) is 0 Å². The molecule has 1 unspecified atom stereocenters. The van der Waals surface area contributed by atoms with Gasteiger partial charge in [0.15, 0.2) is 0 Å². The summed E-state index contributed by atoms with van der Waals surface area (Å²) in [6.07, 6.45) is 1.48. The molecule has 2 amide bonds. The fraction of sp³-hybridized carbons (Fsp3) is 0.538. The number of carboxylic acids is 1. The van der Waals surface area contributed by atoms with E-state index in [4.69, 9.17) is 9.52 Å². The minimum Gasteiger partial charge on any atom is -0.481 e. The van der Waals surface area contributed by atoms with Crippen molar-refractivity contribution in [1.29, 1.82) is 0 Å². The number of nitrogens with zero attached hydrogens (tertiary/aromatic N) is 1. The van der Waals surface area contributed by atoms with Crippen LogP contribution in [0.4, 0.5) is 4.79 Å². The zero-order valence-corrected chi connectivity index (χ0v) is 11.4. The van der Waals surface area contributed by atoms with Gasteiger partial charge in [-0.15, -0.1) is 0 Å². The molecule has 106 valence electrons. The van der Waals surface area contributed by atoms with Crippen LogP contribution in [0.25, 0.3) is 0 Å². The molecule has 1 aromatic heterocycles. The van der Waals surface area contributed by atoms with Crippen LogP contribution in [0, 0.1) is 0 Å². The van der Waals surface area contributed by atoms with Crippen LogP contribution in [0.2, 0.25) is 0 Å². The summed E-state index contributed by atoms with van der Waals surface area (Å²) in [5.41, 5.74) is 0. The lowest BCUT2D eigenvalue weighted by Crippen LogP contribution is -2.45. The van der Waals surface area contributed by atoms with E-state index in [2.05, 4.69) is 5.32 Å². The minimum absolute atomic E-state index is 0.0665. The van der Waals surface area contributed by atoms with Crippen LogP contribution in [0.5, 0.6) is 0 Å². The Morgan fingerprint density at radius 1 is 1.42 bits per heavy atom. The van der Waals surface area contributed by atoms with Crippen molar-refractivity contribution in [2.24, 2.45) is 0 Å². The lowest BCUT2D eigenvalue weighted by Gasteiger charge is -2.27. The summed E-state index contributed by atoms with van der Waals surface area (Å²) in [4.78, 5) is 24.2. The van der Waals surface area contributed by atoms with E-state index in [-0.39, 0.29) is 31.1 Å². The number of hydrogen-bond acceptors (Lipinski definition) is 3. The van der Waals surface area contributed by atoms with Gasteiger partial charge in [0.25, 0.3) is 0 Å². The maximum Gasteiger partial charge on any atom is 0.318 e. The van der Waals surface area contributed by atoms with Crippen LogP contribution in [-0.2, 0) is 4.79 Å². The van der Waals surface area contributed by atoms with Crippen LogP contribution < -0.4 is 5.32 Å². The van der Waals surface area contributed by atoms with E-state index < -0.39 is 5.97 Å². The molecule has 0 spiro atoms. The molecule has 2 N–H and O–H groups in total. The van der Waals surface area contributed by atoms with E-state index in [0.717, 1.165) is 0 Å². The highest BCUT2D eigenvalue weighted by molar-refractivity contribution is 5.76. The summed E-state index contributed by atoms with van der Waals surface area (Å²) in [6, 6.07) is 2.92. The van der Waals surface area contributed by atoms with Crippen LogP contribution >= 0.6 is 0 Å². The van der Waals surface area contributed by atoms with E-state index in [1.807, 2.05) is 20.8 Å². The maximum absolute atomic E-state index is 12.1. The van der Waals surface area contributed by atoms with Gasteiger partial charge in [0.1, 0.15) is 5.76 Å². The Bertz CT molecular complexity index is 414. The number of aliphatic carboxylic acids is 1. The van der Waals surface area contributed by atoms with Gasteiger partial charge in [-0.3, -0.25) is 4.79 Å².